The van der Waals surface area contributed by atoms with Crippen molar-refractivity contribution in [1.82, 2.24) is 10.2 Å². The molecule has 2 amide bonds. The van der Waals surface area contributed by atoms with Crippen LogP contribution < -0.4 is 9.62 Å². The van der Waals surface area contributed by atoms with Crippen LogP contribution in [0.5, 0.6) is 0 Å². The first-order valence-electron chi connectivity index (χ1n) is 14.7. The number of amides is 2. The molecule has 0 aliphatic heterocycles. The van der Waals surface area contributed by atoms with E-state index in [0.717, 1.165) is 26.6 Å². The number of aryl methyl sites for hydroxylation is 2. The Morgan fingerprint density at radius 3 is 1.91 bits per heavy atom. The molecule has 0 spiro atoms. The van der Waals surface area contributed by atoms with Crippen molar-refractivity contribution in [2.45, 2.75) is 64.1 Å². The third-order valence-electron chi connectivity index (χ3n) is 7.14. The number of rotatable bonds is 11. The van der Waals surface area contributed by atoms with Gasteiger partial charge in [-0.3, -0.25) is 13.9 Å². The summed E-state index contributed by atoms with van der Waals surface area (Å²) in [5, 5.41) is 3.05. The third-order valence-corrected chi connectivity index (χ3v) is 8.93. The molecule has 0 fully saturated rings. The smallest absolute Gasteiger partial charge is 0.264 e. The number of carbonyl (C=O) groups excluding carboxylic acids is 2. The first kappa shape index (κ1) is 32.5. The van der Waals surface area contributed by atoms with Gasteiger partial charge in [-0.2, -0.15) is 0 Å². The van der Waals surface area contributed by atoms with Gasteiger partial charge in [-0.15, -0.1) is 0 Å². The standard InChI is InChI=1S/C36H41N3O4S/c1-27-19-21-32(22-20-27)44(42,43)39(31-18-12-13-28(2)23-31)26-34(40)38(25-30-16-10-7-11-17-30)33(35(41)37-36(3,4)5)24-29-14-8-6-9-15-29/h6-23,33H,24-26H2,1-5H3,(H,37,41)/t33-/m1/s1. The van der Waals surface area contributed by atoms with E-state index >= 15 is 0 Å². The maximum Gasteiger partial charge on any atom is 0.264 e. The molecule has 8 heteroatoms. The predicted molar refractivity (Wildman–Crippen MR) is 176 cm³/mol. The molecular formula is C36H41N3O4S. The van der Waals surface area contributed by atoms with E-state index in [2.05, 4.69) is 5.32 Å². The number of benzene rings is 4. The molecule has 44 heavy (non-hydrogen) atoms. The highest BCUT2D eigenvalue weighted by Crippen LogP contribution is 2.26. The lowest BCUT2D eigenvalue weighted by atomic mass is 10.0. The van der Waals surface area contributed by atoms with Crippen LogP contribution in [0.25, 0.3) is 0 Å². The molecule has 4 aromatic rings. The van der Waals surface area contributed by atoms with Gasteiger partial charge in [0.2, 0.25) is 11.8 Å². The van der Waals surface area contributed by atoms with Gasteiger partial charge in [-0.1, -0.05) is 90.5 Å². The highest BCUT2D eigenvalue weighted by atomic mass is 32.2. The normalized spacial score (nSPS) is 12.3. The van der Waals surface area contributed by atoms with Gasteiger partial charge >= 0.3 is 0 Å². The van der Waals surface area contributed by atoms with Gasteiger partial charge in [0.1, 0.15) is 12.6 Å². The molecule has 1 atom stereocenters. The van der Waals surface area contributed by atoms with Gasteiger partial charge < -0.3 is 10.2 Å². The molecule has 0 unspecified atom stereocenters. The fourth-order valence-electron chi connectivity index (χ4n) is 4.94. The Kier molecular flexibility index (Phi) is 10.3. The minimum Gasteiger partial charge on any atom is -0.350 e. The summed E-state index contributed by atoms with van der Waals surface area (Å²) < 4.78 is 29.4. The van der Waals surface area contributed by atoms with Crippen molar-refractivity contribution in [3.63, 3.8) is 0 Å². The van der Waals surface area contributed by atoms with Crippen molar-refractivity contribution in [2.75, 3.05) is 10.8 Å². The molecule has 230 valence electrons. The van der Waals surface area contributed by atoms with Crippen LogP contribution in [0.2, 0.25) is 0 Å². The summed E-state index contributed by atoms with van der Waals surface area (Å²) in [5.74, 6) is -0.801. The average Bonchev–Trinajstić information content (AvgIpc) is 2.98. The van der Waals surface area contributed by atoms with Crippen molar-refractivity contribution in [3.8, 4) is 0 Å². The van der Waals surface area contributed by atoms with Crippen molar-refractivity contribution in [1.29, 1.82) is 0 Å². The maximum atomic E-state index is 14.5. The molecule has 0 bridgehead atoms. The van der Waals surface area contributed by atoms with E-state index in [1.807, 2.05) is 101 Å². The predicted octanol–water partition coefficient (Wildman–Crippen LogP) is 6.05. The van der Waals surface area contributed by atoms with E-state index in [1.54, 1.807) is 42.5 Å². The highest BCUT2D eigenvalue weighted by Gasteiger charge is 2.35. The molecule has 1 N–H and O–H groups in total. The van der Waals surface area contributed by atoms with Crippen LogP contribution in [0.15, 0.2) is 114 Å². The average molecular weight is 612 g/mol. The second-order valence-corrected chi connectivity index (χ2v) is 14.0. The van der Waals surface area contributed by atoms with E-state index in [4.69, 9.17) is 0 Å². The molecule has 0 aromatic heterocycles. The van der Waals surface area contributed by atoms with Gasteiger partial charge in [0.15, 0.2) is 0 Å². The summed E-state index contributed by atoms with van der Waals surface area (Å²) in [5.41, 5.74) is 3.31. The summed E-state index contributed by atoms with van der Waals surface area (Å²) in [4.78, 5) is 30.0. The molecule has 7 nitrogen and oxygen atoms in total. The quantitative estimate of drug-likeness (QED) is 0.224. The lowest BCUT2D eigenvalue weighted by molar-refractivity contribution is -0.140. The van der Waals surface area contributed by atoms with Gasteiger partial charge in [-0.25, -0.2) is 8.42 Å². The lowest BCUT2D eigenvalue weighted by Crippen LogP contribution is -2.56. The van der Waals surface area contributed by atoms with Crippen LogP contribution in [0, 0.1) is 13.8 Å². The summed E-state index contributed by atoms with van der Waals surface area (Å²) in [6.45, 7) is 9.07. The van der Waals surface area contributed by atoms with Gasteiger partial charge in [0.25, 0.3) is 10.0 Å². The van der Waals surface area contributed by atoms with Crippen molar-refractivity contribution in [3.05, 3.63) is 131 Å². The third kappa shape index (κ3) is 8.57. The van der Waals surface area contributed by atoms with Gasteiger partial charge in [0, 0.05) is 18.5 Å². The molecule has 0 saturated heterocycles. The van der Waals surface area contributed by atoms with E-state index < -0.39 is 34.1 Å². The maximum absolute atomic E-state index is 14.5. The molecular weight excluding hydrogens is 570 g/mol. The molecule has 4 aromatic carbocycles. The van der Waals surface area contributed by atoms with Crippen molar-refractivity contribution >= 4 is 27.5 Å². The number of anilines is 1. The Morgan fingerprint density at radius 2 is 1.34 bits per heavy atom. The second kappa shape index (κ2) is 13.9. The summed E-state index contributed by atoms with van der Waals surface area (Å²) in [6, 6.07) is 31.7. The summed E-state index contributed by atoms with van der Waals surface area (Å²) in [6.07, 6.45) is 0.260. The zero-order valence-corrected chi connectivity index (χ0v) is 26.8. The minimum absolute atomic E-state index is 0.0818. The van der Waals surface area contributed by atoms with Crippen LogP contribution in [0.4, 0.5) is 5.69 Å². The number of hydrogen-bond donors (Lipinski definition) is 1. The van der Waals surface area contributed by atoms with E-state index in [9.17, 15) is 18.0 Å². The molecule has 0 saturated carbocycles. The number of nitrogens with zero attached hydrogens (tertiary/aromatic N) is 2. The molecule has 0 heterocycles. The highest BCUT2D eigenvalue weighted by molar-refractivity contribution is 7.92. The molecule has 0 aliphatic rings. The molecule has 4 rings (SSSR count). The largest absolute Gasteiger partial charge is 0.350 e. The first-order chi connectivity index (χ1) is 20.8. The number of nitrogens with one attached hydrogen (secondary N) is 1. The fraction of sp³-hybridized carbons (Fsp3) is 0.278. The topological polar surface area (TPSA) is 86.8 Å². The summed E-state index contributed by atoms with van der Waals surface area (Å²) >= 11 is 0. The molecule has 0 radical (unpaired) electrons. The van der Waals surface area contributed by atoms with Gasteiger partial charge in [-0.05, 0) is 75.6 Å². The van der Waals surface area contributed by atoms with Crippen LogP contribution in [-0.2, 0) is 32.6 Å². The number of hydrogen-bond acceptors (Lipinski definition) is 4. The SMILES string of the molecule is Cc1ccc(S(=O)(=O)N(CC(=O)N(Cc2ccccc2)[C@H](Cc2ccccc2)C(=O)NC(C)(C)C)c2cccc(C)c2)cc1. The van der Waals surface area contributed by atoms with E-state index in [0.29, 0.717) is 5.69 Å². The fourth-order valence-corrected chi connectivity index (χ4v) is 6.34. The van der Waals surface area contributed by atoms with Crippen LogP contribution in [-0.4, -0.2) is 43.3 Å². The summed E-state index contributed by atoms with van der Waals surface area (Å²) in [7, 11) is -4.14. The van der Waals surface area contributed by atoms with E-state index in [1.165, 1.54) is 4.90 Å². The first-order valence-corrected chi connectivity index (χ1v) is 16.1. The number of carbonyl (C=O) groups is 2. The van der Waals surface area contributed by atoms with Gasteiger partial charge in [0.05, 0.1) is 10.6 Å². The van der Waals surface area contributed by atoms with Crippen LogP contribution >= 0.6 is 0 Å². The van der Waals surface area contributed by atoms with Crippen LogP contribution in [0.3, 0.4) is 0 Å². The van der Waals surface area contributed by atoms with Crippen LogP contribution in [0.1, 0.15) is 43.0 Å². The van der Waals surface area contributed by atoms with E-state index in [-0.39, 0.29) is 23.8 Å². The Hall–Kier alpha value is -4.43. The van der Waals surface area contributed by atoms with Crippen molar-refractivity contribution < 1.29 is 18.0 Å². The lowest BCUT2D eigenvalue weighted by Gasteiger charge is -2.35. The minimum atomic E-state index is -4.14. The van der Waals surface area contributed by atoms with Crippen molar-refractivity contribution in [2.24, 2.45) is 0 Å². The molecule has 0 aliphatic carbocycles. The zero-order valence-electron chi connectivity index (χ0n) is 26.0. The zero-order chi connectivity index (χ0) is 31.9. The Morgan fingerprint density at radius 1 is 0.750 bits per heavy atom. The Balaban J connectivity index is 1.80. The number of sulfonamides is 1. The second-order valence-electron chi connectivity index (χ2n) is 12.1. The monoisotopic (exact) mass is 611 g/mol. The Bertz CT molecular complexity index is 1670. The Labute approximate surface area is 261 Å².